The van der Waals surface area contributed by atoms with Gasteiger partial charge in [0.05, 0.1) is 0 Å². The van der Waals surface area contributed by atoms with E-state index in [4.69, 9.17) is 5.73 Å². The minimum atomic E-state index is -4.43. The van der Waals surface area contributed by atoms with E-state index < -0.39 is 18.7 Å². The second-order valence-corrected chi connectivity index (χ2v) is 3.31. The van der Waals surface area contributed by atoms with E-state index in [1.165, 1.54) is 0 Å². The maximum absolute atomic E-state index is 11.6. The lowest BCUT2D eigenvalue weighted by atomic mass is 10.1. The molecule has 3 N–H and O–H groups in total. The molecule has 0 saturated heterocycles. The van der Waals surface area contributed by atoms with Crippen molar-refractivity contribution in [3.05, 3.63) is 0 Å². The Morgan fingerprint density at radius 2 is 2.13 bits per heavy atom. The largest absolute Gasteiger partial charge is 0.414 e. The van der Waals surface area contributed by atoms with Crippen LogP contribution in [0, 0.1) is 5.92 Å². The van der Waals surface area contributed by atoms with Crippen molar-refractivity contribution in [3.8, 4) is 0 Å². The molecule has 1 amide bonds. The summed E-state index contributed by atoms with van der Waals surface area (Å²) in [6.45, 7) is 0.811. The Kier molecular flexibility index (Phi) is 6.26. The quantitative estimate of drug-likeness (QED) is 0.666. The number of carbonyl (C=O) groups excluding carboxylic acids is 1. The fourth-order valence-corrected chi connectivity index (χ4v) is 0.745. The highest BCUT2D eigenvalue weighted by Gasteiger charge is 2.28. The number of alkyl halides is 3. The maximum Gasteiger partial charge on any atom is 0.414 e. The molecule has 0 fully saturated rings. The van der Waals surface area contributed by atoms with Crippen LogP contribution in [-0.2, 0) is 9.63 Å². The number of halogens is 3. The van der Waals surface area contributed by atoms with Crippen molar-refractivity contribution in [3.63, 3.8) is 0 Å². The number of amides is 1. The van der Waals surface area contributed by atoms with Crippen LogP contribution < -0.4 is 11.2 Å². The molecule has 4 nitrogen and oxygen atoms in total. The Labute approximate surface area is 85.9 Å². The number of nitrogens with one attached hydrogen (secondary N) is 1. The van der Waals surface area contributed by atoms with Gasteiger partial charge in [-0.2, -0.15) is 13.2 Å². The Hall–Kier alpha value is -0.820. The second-order valence-electron chi connectivity index (χ2n) is 3.31. The van der Waals surface area contributed by atoms with E-state index in [2.05, 4.69) is 4.84 Å². The molecule has 7 heteroatoms. The number of hydroxylamine groups is 1. The molecule has 15 heavy (non-hydrogen) atoms. The van der Waals surface area contributed by atoms with Gasteiger partial charge >= 0.3 is 6.18 Å². The van der Waals surface area contributed by atoms with Gasteiger partial charge in [0.2, 0.25) is 5.91 Å². The van der Waals surface area contributed by atoms with Crippen molar-refractivity contribution in [1.29, 1.82) is 0 Å². The third kappa shape index (κ3) is 9.48. The highest BCUT2D eigenvalue weighted by atomic mass is 19.4. The summed E-state index contributed by atoms with van der Waals surface area (Å²) in [7, 11) is 0. The molecule has 0 aliphatic carbocycles. The van der Waals surface area contributed by atoms with Gasteiger partial charge in [-0.3, -0.25) is 9.63 Å². The van der Waals surface area contributed by atoms with Gasteiger partial charge in [-0.25, -0.2) is 5.48 Å². The summed E-state index contributed by atoms with van der Waals surface area (Å²) in [6, 6.07) is 0. The van der Waals surface area contributed by atoms with Gasteiger partial charge in [-0.15, -0.1) is 0 Å². The average Bonchev–Trinajstić information content (AvgIpc) is 2.12. The molecule has 0 aliphatic rings. The van der Waals surface area contributed by atoms with Crippen molar-refractivity contribution in [2.45, 2.75) is 25.9 Å². The second kappa shape index (κ2) is 6.62. The number of rotatable bonds is 6. The molecule has 0 aromatic carbocycles. The van der Waals surface area contributed by atoms with Gasteiger partial charge in [0.15, 0.2) is 6.61 Å². The minimum Gasteiger partial charge on any atom is -0.330 e. The van der Waals surface area contributed by atoms with Crippen LogP contribution in [0.5, 0.6) is 0 Å². The highest BCUT2D eigenvalue weighted by molar-refractivity contribution is 5.74. The average molecular weight is 228 g/mol. The molecule has 0 radical (unpaired) electrons. The first-order valence-corrected chi connectivity index (χ1v) is 4.52. The lowest BCUT2D eigenvalue weighted by molar-refractivity contribution is -0.191. The number of hydrogen-bond donors (Lipinski definition) is 2. The van der Waals surface area contributed by atoms with E-state index in [1.54, 1.807) is 5.48 Å². The zero-order chi connectivity index (χ0) is 11.9. The molecule has 0 aromatic rings. The van der Waals surface area contributed by atoms with Gasteiger partial charge in [-0.05, 0) is 18.9 Å². The summed E-state index contributed by atoms with van der Waals surface area (Å²) < 4.78 is 34.7. The molecular formula is C8H15F3N2O2. The molecule has 1 unspecified atom stereocenters. The van der Waals surface area contributed by atoms with Gasteiger partial charge in [0, 0.05) is 6.42 Å². The standard InChI is InChI=1S/C8H15F3N2O2/c1-6(4-12)2-3-7(14)13-15-5-8(9,10)11/h6H,2-5,12H2,1H3,(H,13,14). The molecule has 90 valence electrons. The van der Waals surface area contributed by atoms with Gasteiger partial charge in [0.25, 0.3) is 0 Å². The fraction of sp³-hybridized carbons (Fsp3) is 0.875. The van der Waals surface area contributed by atoms with Crippen LogP contribution >= 0.6 is 0 Å². The number of carbonyl (C=O) groups is 1. The molecule has 1 atom stereocenters. The first-order chi connectivity index (χ1) is 6.85. The van der Waals surface area contributed by atoms with Crippen LogP contribution in [-0.4, -0.2) is 25.2 Å². The highest BCUT2D eigenvalue weighted by Crippen LogP contribution is 2.13. The van der Waals surface area contributed by atoms with Crippen LogP contribution in [0.15, 0.2) is 0 Å². The van der Waals surface area contributed by atoms with Crippen molar-refractivity contribution in [1.82, 2.24) is 5.48 Å². The molecular weight excluding hydrogens is 213 g/mol. The van der Waals surface area contributed by atoms with Crippen LogP contribution in [0.1, 0.15) is 19.8 Å². The Bertz CT molecular complexity index is 197. The first kappa shape index (κ1) is 14.2. The van der Waals surface area contributed by atoms with Crippen LogP contribution in [0.3, 0.4) is 0 Å². The summed E-state index contributed by atoms with van der Waals surface area (Å²) in [4.78, 5) is 14.9. The number of nitrogens with two attached hydrogens (primary N) is 1. The third-order valence-electron chi connectivity index (χ3n) is 1.69. The minimum absolute atomic E-state index is 0.107. The summed E-state index contributed by atoms with van der Waals surface area (Å²) in [5.41, 5.74) is 7.02. The predicted molar refractivity (Wildman–Crippen MR) is 47.6 cm³/mol. The normalized spacial score (nSPS) is 13.7. The topological polar surface area (TPSA) is 64.4 Å². The Morgan fingerprint density at radius 1 is 1.53 bits per heavy atom. The lowest BCUT2D eigenvalue weighted by Crippen LogP contribution is -2.29. The predicted octanol–water partition coefficient (Wildman–Crippen LogP) is 0.972. The van der Waals surface area contributed by atoms with E-state index in [0.717, 1.165) is 0 Å². The van der Waals surface area contributed by atoms with E-state index >= 15 is 0 Å². The molecule has 0 aliphatic heterocycles. The van der Waals surface area contributed by atoms with Crippen LogP contribution in [0.4, 0.5) is 13.2 Å². The summed E-state index contributed by atoms with van der Waals surface area (Å²) in [5.74, 6) is -0.405. The smallest absolute Gasteiger partial charge is 0.330 e. The van der Waals surface area contributed by atoms with Crippen molar-refractivity contribution < 1.29 is 22.8 Å². The third-order valence-corrected chi connectivity index (χ3v) is 1.69. The van der Waals surface area contributed by atoms with Crippen LogP contribution in [0.2, 0.25) is 0 Å². The van der Waals surface area contributed by atoms with Crippen molar-refractivity contribution in [2.75, 3.05) is 13.2 Å². The molecule has 0 spiro atoms. The van der Waals surface area contributed by atoms with Gasteiger partial charge in [-0.1, -0.05) is 6.92 Å². The van der Waals surface area contributed by atoms with E-state index in [9.17, 15) is 18.0 Å². The van der Waals surface area contributed by atoms with E-state index in [0.29, 0.717) is 13.0 Å². The van der Waals surface area contributed by atoms with Gasteiger partial charge < -0.3 is 5.73 Å². The summed E-state index contributed by atoms with van der Waals surface area (Å²) >= 11 is 0. The molecule has 0 aromatic heterocycles. The Morgan fingerprint density at radius 3 is 2.60 bits per heavy atom. The molecule has 0 heterocycles. The van der Waals surface area contributed by atoms with Crippen molar-refractivity contribution in [2.24, 2.45) is 11.7 Å². The first-order valence-electron chi connectivity index (χ1n) is 4.52. The van der Waals surface area contributed by atoms with E-state index in [1.807, 2.05) is 6.92 Å². The van der Waals surface area contributed by atoms with Gasteiger partial charge in [0.1, 0.15) is 0 Å². The summed E-state index contributed by atoms with van der Waals surface area (Å²) in [5, 5.41) is 0. The van der Waals surface area contributed by atoms with Crippen LogP contribution in [0.25, 0.3) is 0 Å². The SMILES string of the molecule is CC(CN)CCC(=O)NOCC(F)(F)F. The summed E-state index contributed by atoms with van der Waals surface area (Å²) in [6.07, 6.45) is -3.80. The zero-order valence-corrected chi connectivity index (χ0v) is 8.43. The molecule has 0 saturated carbocycles. The van der Waals surface area contributed by atoms with Crippen molar-refractivity contribution >= 4 is 5.91 Å². The number of hydrogen-bond acceptors (Lipinski definition) is 3. The molecule has 0 bridgehead atoms. The van der Waals surface area contributed by atoms with E-state index in [-0.39, 0.29) is 12.3 Å². The lowest BCUT2D eigenvalue weighted by Gasteiger charge is -2.09. The fourth-order valence-electron chi connectivity index (χ4n) is 0.745. The molecule has 0 rings (SSSR count). The Balaban J connectivity index is 3.50. The zero-order valence-electron chi connectivity index (χ0n) is 8.43. The monoisotopic (exact) mass is 228 g/mol. The maximum atomic E-state index is 11.6.